The van der Waals surface area contributed by atoms with Gasteiger partial charge in [0.2, 0.25) is 11.9 Å². The lowest BCUT2D eigenvalue weighted by Crippen LogP contribution is -2.49. The van der Waals surface area contributed by atoms with Gasteiger partial charge in [0.1, 0.15) is 0 Å². The van der Waals surface area contributed by atoms with Crippen LogP contribution >= 0.6 is 11.6 Å². The molecule has 1 aromatic carbocycles. The molecule has 4 rings (SSSR count). The maximum Gasteiger partial charge on any atom is 0.238 e. The number of benzene rings is 1. The van der Waals surface area contributed by atoms with Crippen LogP contribution in [0.5, 0.6) is 11.5 Å². The molecule has 9 heteroatoms. The van der Waals surface area contributed by atoms with E-state index in [-0.39, 0.29) is 5.91 Å². The number of nitrogens with one attached hydrogen (secondary N) is 1. The lowest BCUT2D eigenvalue weighted by Gasteiger charge is -2.34. The molecule has 1 saturated heterocycles. The number of hydrogen-bond donors (Lipinski definition) is 1. The van der Waals surface area contributed by atoms with E-state index in [1.807, 2.05) is 0 Å². The molecule has 0 atom stereocenters. The minimum atomic E-state index is -0.110. The molecule has 1 aromatic heterocycles. The molecule has 0 saturated carbocycles. The first kappa shape index (κ1) is 18.8. The summed E-state index contributed by atoms with van der Waals surface area (Å²) in [6.07, 6.45) is 4.29. The van der Waals surface area contributed by atoms with Crippen molar-refractivity contribution in [2.45, 2.75) is 6.42 Å². The summed E-state index contributed by atoms with van der Waals surface area (Å²) in [4.78, 5) is 25.3. The van der Waals surface area contributed by atoms with Gasteiger partial charge >= 0.3 is 0 Å². The summed E-state index contributed by atoms with van der Waals surface area (Å²) in [5, 5.41) is 3.32. The van der Waals surface area contributed by atoms with Crippen molar-refractivity contribution in [3.8, 4) is 11.5 Å². The minimum absolute atomic E-state index is 0.110. The van der Waals surface area contributed by atoms with Crippen molar-refractivity contribution < 1.29 is 14.3 Å². The molecule has 28 heavy (non-hydrogen) atoms. The first-order valence-electron chi connectivity index (χ1n) is 9.32. The number of anilines is 2. The van der Waals surface area contributed by atoms with Crippen LogP contribution in [0.1, 0.15) is 6.42 Å². The fraction of sp³-hybridized carbons (Fsp3) is 0.421. The fourth-order valence-corrected chi connectivity index (χ4v) is 3.43. The number of hydrogen-bond acceptors (Lipinski definition) is 7. The van der Waals surface area contributed by atoms with Crippen LogP contribution in [-0.4, -0.2) is 66.7 Å². The van der Waals surface area contributed by atoms with E-state index >= 15 is 0 Å². The maximum absolute atomic E-state index is 12.5. The number of carbonyl (C=O) groups is 1. The smallest absolute Gasteiger partial charge is 0.238 e. The summed E-state index contributed by atoms with van der Waals surface area (Å²) < 4.78 is 11.3. The number of nitrogens with zero attached hydrogens (tertiary/aromatic N) is 4. The van der Waals surface area contributed by atoms with Crippen LogP contribution in [0.4, 0.5) is 11.6 Å². The lowest BCUT2D eigenvalue weighted by atomic mass is 10.2. The fourth-order valence-electron chi connectivity index (χ4n) is 3.23. The summed E-state index contributed by atoms with van der Waals surface area (Å²) in [5.74, 6) is 1.83. The van der Waals surface area contributed by atoms with Crippen LogP contribution in [0.3, 0.4) is 0 Å². The van der Waals surface area contributed by atoms with Gasteiger partial charge in [0, 0.05) is 57.1 Å². The maximum atomic E-state index is 12.5. The molecule has 0 bridgehead atoms. The topological polar surface area (TPSA) is 79.8 Å². The summed E-state index contributed by atoms with van der Waals surface area (Å²) in [5.41, 5.74) is 0.534. The second-order valence-electron chi connectivity index (χ2n) is 6.69. The quantitative estimate of drug-likeness (QED) is 0.836. The summed E-state index contributed by atoms with van der Waals surface area (Å²) in [6, 6.07) is 5.22. The van der Waals surface area contributed by atoms with Gasteiger partial charge in [0.05, 0.1) is 30.5 Å². The molecule has 0 aliphatic carbocycles. The highest BCUT2D eigenvalue weighted by Crippen LogP contribution is 2.37. The van der Waals surface area contributed by atoms with E-state index in [0.717, 1.165) is 38.5 Å². The van der Waals surface area contributed by atoms with E-state index in [0.29, 0.717) is 42.0 Å². The molecule has 0 radical (unpaired) electrons. The van der Waals surface area contributed by atoms with E-state index in [4.69, 9.17) is 21.1 Å². The van der Waals surface area contributed by atoms with Crippen LogP contribution in [0.15, 0.2) is 30.6 Å². The van der Waals surface area contributed by atoms with Gasteiger partial charge in [0.25, 0.3) is 0 Å². The van der Waals surface area contributed by atoms with E-state index in [2.05, 4.69) is 25.1 Å². The van der Waals surface area contributed by atoms with Crippen molar-refractivity contribution >= 4 is 29.1 Å². The third kappa shape index (κ3) is 4.45. The highest BCUT2D eigenvalue weighted by molar-refractivity contribution is 6.34. The molecule has 1 fully saturated rings. The second-order valence-corrected chi connectivity index (χ2v) is 7.10. The van der Waals surface area contributed by atoms with Crippen molar-refractivity contribution in [2.24, 2.45) is 0 Å². The molecule has 2 aliphatic heterocycles. The van der Waals surface area contributed by atoms with Gasteiger partial charge in [-0.2, -0.15) is 0 Å². The molecule has 0 spiro atoms. The van der Waals surface area contributed by atoms with E-state index in [9.17, 15) is 4.79 Å². The molecule has 148 valence electrons. The van der Waals surface area contributed by atoms with Crippen molar-refractivity contribution in [3.63, 3.8) is 0 Å². The summed E-state index contributed by atoms with van der Waals surface area (Å²) in [7, 11) is 0. The van der Waals surface area contributed by atoms with E-state index in [1.54, 1.807) is 30.6 Å². The Morgan fingerprint density at radius 2 is 1.75 bits per heavy atom. The number of amides is 1. The van der Waals surface area contributed by atoms with Crippen molar-refractivity contribution in [2.75, 3.05) is 56.2 Å². The Labute approximate surface area is 168 Å². The molecule has 3 heterocycles. The Hall–Kier alpha value is -2.58. The molecular formula is C19H22ClN5O3. The lowest BCUT2D eigenvalue weighted by molar-refractivity contribution is -0.117. The molecule has 2 aliphatic rings. The minimum Gasteiger partial charge on any atom is -0.490 e. The average molecular weight is 404 g/mol. The largest absolute Gasteiger partial charge is 0.490 e. The van der Waals surface area contributed by atoms with Crippen LogP contribution in [0.2, 0.25) is 5.02 Å². The van der Waals surface area contributed by atoms with Gasteiger partial charge < -0.3 is 19.7 Å². The first-order valence-corrected chi connectivity index (χ1v) is 9.70. The number of aromatic nitrogens is 2. The average Bonchev–Trinajstić information content (AvgIpc) is 2.94. The molecular weight excluding hydrogens is 382 g/mol. The third-order valence-corrected chi connectivity index (χ3v) is 5.00. The van der Waals surface area contributed by atoms with Crippen LogP contribution in [-0.2, 0) is 4.79 Å². The molecule has 2 aromatic rings. The van der Waals surface area contributed by atoms with E-state index in [1.165, 1.54) is 0 Å². The third-order valence-electron chi connectivity index (χ3n) is 4.69. The Morgan fingerprint density at radius 1 is 1.07 bits per heavy atom. The van der Waals surface area contributed by atoms with Gasteiger partial charge in [-0.3, -0.25) is 9.69 Å². The zero-order valence-electron chi connectivity index (χ0n) is 15.4. The van der Waals surface area contributed by atoms with Gasteiger partial charge in [-0.15, -0.1) is 0 Å². The van der Waals surface area contributed by atoms with Crippen molar-refractivity contribution in [1.29, 1.82) is 0 Å². The van der Waals surface area contributed by atoms with E-state index < -0.39 is 0 Å². The highest BCUT2D eigenvalue weighted by Gasteiger charge is 2.21. The second kappa shape index (κ2) is 8.62. The van der Waals surface area contributed by atoms with Crippen molar-refractivity contribution in [3.05, 3.63) is 35.6 Å². The Morgan fingerprint density at radius 3 is 2.46 bits per heavy atom. The van der Waals surface area contributed by atoms with Crippen LogP contribution in [0.25, 0.3) is 0 Å². The Balaban J connectivity index is 1.32. The normalized spacial score (nSPS) is 17.1. The standard InChI is InChI=1S/C19H22ClN5O3/c20-14-11-16-17(28-10-2-9-27-16)12-15(14)23-18(26)13-24-5-7-25(8-6-24)19-21-3-1-4-22-19/h1,3-4,11-12H,2,5-10,13H2,(H,23,26). The van der Waals surface area contributed by atoms with Crippen LogP contribution in [0, 0.1) is 0 Å². The molecule has 0 unspecified atom stereocenters. The Bertz CT molecular complexity index is 828. The number of ether oxygens (including phenoxy) is 2. The molecule has 8 nitrogen and oxygen atoms in total. The summed E-state index contributed by atoms with van der Waals surface area (Å²) in [6.45, 7) is 4.56. The number of piperazine rings is 1. The highest BCUT2D eigenvalue weighted by atomic mass is 35.5. The zero-order chi connectivity index (χ0) is 19.3. The number of carbonyl (C=O) groups excluding carboxylic acids is 1. The Kier molecular flexibility index (Phi) is 5.78. The molecule has 1 amide bonds. The van der Waals surface area contributed by atoms with Gasteiger partial charge in [-0.1, -0.05) is 11.6 Å². The predicted octanol–water partition coefficient (Wildman–Crippen LogP) is 2.05. The van der Waals surface area contributed by atoms with Gasteiger partial charge in [-0.25, -0.2) is 9.97 Å². The van der Waals surface area contributed by atoms with Gasteiger partial charge in [-0.05, 0) is 6.07 Å². The van der Waals surface area contributed by atoms with Gasteiger partial charge in [0.15, 0.2) is 11.5 Å². The van der Waals surface area contributed by atoms with Crippen molar-refractivity contribution in [1.82, 2.24) is 14.9 Å². The first-order chi connectivity index (χ1) is 13.7. The van der Waals surface area contributed by atoms with Crippen LogP contribution < -0.4 is 19.7 Å². The molecule has 1 N–H and O–H groups in total. The number of halogens is 1. The predicted molar refractivity (Wildman–Crippen MR) is 106 cm³/mol. The zero-order valence-corrected chi connectivity index (χ0v) is 16.2. The number of rotatable bonds is 4. The summed E-state index contributed by atoms with van der Waals surface area (Å²) >= 11 is 6.30. The monoisotopic (exact) mass is 403 g/mol. The SMILES string of the molecule is O=C(CN1CCN(c2ncccn2)CC1)Nc1cc2c(cc1Cl)OCCCO2. The number of fused-ring (bicyclic) bond motifs is 1.